The molecule has 2 rings (SSSR count). The molecule has 0 spiro atoms. The lowest BCUT2D eigenvalue weighted by Gasteiger charge is -2.32. The molecular formula is C20H28FN3O4. The van der Waals surface area contributed by atoms with Crippen molar-refractivity contribution < 1.29 is 23.5 Å². The van der Waals surface area contributed by atoms with Crippen LogP contribution in [0.15, 0.2) is 24.3 Å². The van der Waals surface area contributed by atoms with E-state index in [2.05, 4.69) is 10.6 Å². The average Bonchev–Trinajstić information content (AvgIpc) is 2.59. The number of carbonyl (C=O) groups is 3. The van der Waals surface area contributed by atoms with Gasteiger partial charge in [0.1, 0.15) is 18.0 Å². The SMILES string of the molecule is CC(C)(C)OC(=O)NCC(=O)N1CCC(NC(=O)Cc2cccc(F)c2)CC1. The van der Waals surface area contributed by atoms with Crippen molar-refractivity contribution >= 4 is 17.9 Å². The van der Waals surface area contributed by atoms with Crippen LogP contribution < -0.4 is 10.6 Å². The normalized spacial score (nSPS) is 15.1. The highest BCUT2D eigenvalue weighted by Crippen LogP contribution is 2.12. The van der Waals surface area contributed by atoms with E-state index in [-0.39, 0.29) is 36.6 Å². The average molecular weight is 393 g/mol. The van der Waals surface area contributed by atoms with Crippen LogP contribution in [0.4, 0.5) is 9.18 Å². The van der Waals surface area contributed by atoms with Gasteiger partial charge in [-0.3, -0.25) is 9.59 Å². The van der Waals surface area contributed by atoms with E-state index < -0.39 is 11.7 Å². The largest absolute Gasteiger partial charge is 0.444 e. The lowest BCUT2D eigenvalue weighted by Crippen LogP contribution is -2.49. The zero-order chi connectivity index (χ0) is 20.7. The van der Waals surface area contributed by atoms with E-state index in [0.717, 1.165) is 0 Å². The zero-order valence-corrected chi connectivity index (χ0v) is 16.6. The second kappa shape index (κ2) is 9.52. The number of alkyl carbamates (subject to hydrolysis) is 1. The Morgan fingerprint density at radius 2 is 1.89 bits per heavy atom. The Hall–Kier alpha value is -2.64. The molecule has 1 heterocycles. The van der Waals surface area contributed by atoms with Crippen LogP contribution in [0.3, 0.4) is 0 Å². The fourth-order valence-electron chi connectivity index (χ4n) is 2.96. The first-order valence-corrected chi connectivity index (χ1v) is 9.41. The van der Waals surface area contributed by atoms with Crippen LogP contribution in [-0.2, 0) is 20.7 Å². The summed E-state index contributed by atoms with van der Waals surface area (Å²) in [6.07, 6.45) is 0.761. The third-order valence-corrected chi connectivity index (χ3v) is 4.25. The molecule has 0 aliphatic carbocycles. The first kappa shape index (κ1) is 21.7. The van der Waals surface area contributed by atoms with Crippen LogP contribution in [0, 0.1) is 5.82 Å². The summed E-state index contributed by atoms with van der Waals surface area (Å²) < 4.78 is 18.3. The number of likely N-dealkylation sites (tertiary alicyclic amines) is 1. The topological polar surface area (TPSA) is 87.7 Å². The summed E-state index contributed by atoms with van der Waals surface area (Å²) in [6.45, 7) is 6.14. The predicted octanol–water partition coefficient (Wildman–Crippen LogP) is 2.00. The number of rotatable bonds is 5. The Labute approximate surface area is 164 Å². The van der Waals surface area contributed by atoms with Crippen molar-refractivity contribution in [2.24, 2.45) is 0 Å². The molecular weight excluding hydrogens is 365 g/mol. The molecule has 0 radical (unpaired) electrons. The summed E-state index contributed by atoms with van der Waals surface area (Å²) in [6, 6.07) is 5.95. The summed E-state index contributed by atoms with van der Waals surface area (Å²) in [4.78, 5) is 37.6. The maximum absolute atomic E-state index is 13.2. The van der Waals surface area contributed by atoms with Crippen LogP contribution in [0.2, 0.25) is 0 Å². The van der Waals surface area contributed by atoms with Crippen LogP contribution in [0.25, 0.3) is 0 Å². The molecule has 1 saturated heterocycles. The van der Waals surface area contributed by atoms with Gasteiger partial charge in [0.05, 0.1) is 6.42 Å². The quantitative estimate of drug-likeness (QED) is 0.801. The molecule has 28 heavy (non-hydrogen) atoms. The molecule has 0 bridgehead atoms. The molecule has 0 atom stereocenters. The minimum Gasteiger partial charge on any atom is -0.444 e. The van der Waals surface area contributed by atoms with E-state index in [1.807, 2.05) is 0 Å². The van der Waals surface area contributed by atoms with Crippen molar-refractivity contribution in [1.29, 1.82) is 0 Å². The minimum absolute atomic E-state index is 0.0241. The molecule has 1 fully saturated rings. The Bertz CT molecular complexity index is 710. The maximum Gasteiger partial charge on any atom is 0.408 e. The fraction of sp³-hybridized carbons (Fsp3) is 0.550. The standard InChI is InChI=1S/C20H28FN3O4/c1-20(2,3)28-19(27)22-13-18(26)24-9-7-16(8-10-24)23-17(25)12-14-5-4-6-15(21)11-14/h4-6,11,16H,7-10,12-13H2,1-3H3,(H,22,27)(H,23,25). The summed E-state index contributed by atoms with van der Waals surface area (Å²) in [5, 5.41) is 5.39. The summed E-state index contributed by atoms with van der Waals surface area (Å²) >= 11 is 0. The molecule has 0 unspecified atom stereocenters. The lowest BCUT2D eigenvalue weighted by atomic mass is 10.0. The summed E-state index contributed by atoms with van der Waals surface area (Å²) in [7, 11) is 0. The van der Waals surface area contributed by atoms with Crippen LogP contribution >= 0.6 is 0 Å². The molecule has 3 amide bonds. The van der Waals surface area contributed by atoms with Gasteiger partial charge in [-0.1, -0.05) is 12.1 Å². The van der Waals surface area contributed by atoms with Crippen molar-refractivity contribution in [3.05, 3.63) is 35.6 Å². The molecule has 0 aromatic heterocycles. The maximum atomic E-state index is 13.2. The van der Waals surface area contributed by atoms with Crippen LogP contribution in [0.5, 0.6) is 0 Å². The van der Waals surface area contributed by atoms with Gasteiger partial charge < -0.3 is 20.3 Å². The number of piperidine rings is 1. The van der Waals surface area contributed by atoms with E-state index in [0.29, 0.717) is 31.5 Å². The molecule has 0 saturated carbocycles. The molecule has 154 valence electrons. The zero-order valence-electron chi connectivity index (χ0n) is 16.6. The Balaban J connectivity index is 1.69. The van der Waals surface area contributed by atoms with E-state index in [1.54, 1.807) is 37.8 Å². The molecule has 1 aromatic carbocycles. The van der Waals surface area contributed by atoms with Crippen LogP contribution in [0.1, 0.15) is 39.2 Å². The number of halogens is 1. The van der Waals surface area contributed by atoms with Gasteiger partial charge in [-0.05, 0) is 51.3 Å². The highest BCUT2D eigenvalue weighted by Gasteiger charge is 2.24. The van der Waals surface area contributed by atoms with Gasteiger partial charge in [-0.2, -0.15) is 0 Å². The van der Waals surface area contributed by atoms with E-state index >= 15 is 0 Å². The molecule has 1 aliphatic rings. The third kappa shape index (κ3) is 7.54. The van der Waals surface area contributed by atoms with Crippen molar-refractivity contribution in [3.63, 3.8) is 0 Å². The predicted molar refractivity (Wildman–Crippen MR) is 102 cm³/mol. The second-order valence-corrected chi connectivity index (χ2v) is 7.88. The first-order valence-electron chi connectivity index (χ1n) is 9.41. The number of carbonyl (C=O) groups excluding carboxylic acids is 3. The fourth-order valence-corrected chi connectivity index (χ4v) is 2.96. The third-order valence-electron chi connectivity index (χ3n) is 4.25. The number of benzene rings is 1. The van der Waals surface area contributed by atoms with Gasteiger partial charge in [0, 0.05) is 19.1 Å². The van der Waals surface area contributed by atoms with Gasteiger partial charge in [0.2, 0.25) is 11.8 Å². The number of nitrogens with zero attached hydrogens (tertiary/aromatic N) is 1. The van der Waals surface area contributed by atoms with Gasteiger partial charge >= 0.3 is 6.09 Å². The monoisotopic (exact) mass is 393 g/mol. The number of nitrogens with one attached hydrogen (secondary N) is 2. The Kier molecular flexibility index (Phi) is 7.37. The van der Waals surface area contributed by atoms with E-state index in [1.165, 1.54) is 12.1 Å². The van der Waals surface area contributed by atoms with Gasteiger partial charge in [-0.25, -0.2) is 9.18 Å². The molecule has 2 N–H and O–H groups in total. The van der Waals surface area contributed by atoms with Crippen molar-refractivity contribution in [3.8, 4) is 0 Å². The first-order chi connectivity index (χ1) is 13.1. The highest BCUT2D eigenvalue weighted by molar-refractivity contribution is 5.82. The van der Waals surface area contributed by atoms with Crippen LogP contribution in [-0.4, -0.2) is 54.1 Å². The minimum atomic E-state index is -0.625. The smallest absolute Gasteiger partial charge is 0.408 e. The lowest BCUT2D eigenvalue weighted by molar-refractivity contribution is -0.131. The van der Waals surface area contributed by atoms with E-state index in [4.69, 9.17) is 4.74 Å². The number of ether oxygens (including phenoxy) is 1. The highest BCUT2D eigenvalue weighted by atomic mass is 19.1. The second-order valence-electron chi connectivity index (χ2n) is 7.88. The van der Waals surface area contributed by atoms with Gasteiger partial charge in [0.25, 0.3) is 0 Å². The summed E-state index contributed by atoms with van der Waals surface area (Å²) in [5.41, 5.74) is 0.00758. The Morgan fingerprint density at radius 3 is 2.50 bits per heavy atom. The Morgan fingerprint density at radius 1 is 1.21 bits per heavy atom. The summed E-state index contributed by atoms with van der Waals surface area (Å²) in [5.74, 6) is -0.713. The number of hydrogen-bond acceptors (Lipinski definition) is 4. The van der Waals surface area contributed by atoms with E-state index in [9.17, 15) is 18.8 Å². The number of amides is 3. The molecule has 8 heteroatoms. The van der Waals surface area contributed by atoms with Gasteiger partial charge in [-0.15, -0.1) is 0 Å². The number of hydrogen-bond donors (Lipinski definition) is 2. The molecule has 7 nitrogen and oxygen atoms in total. The molecule has 1 aliphatic heterocycles. The van der Waals surface area contributed by atoms with Gasteiger partial charge in [0.15, 0.2) is 0 Å². The van der Waals surface area contributed by atoms with Crippen molar-refractivity contribution in [1.82, 2.24) is 15.5 Å². The molecule has 1 aromatic rings. The van der Waals surface area contributed by atoms with Crippen molar-refractivity contribution in [2.75, 3.05) is 19.6 Å². The van der Waals surface area contributed by atoms with Crippen molar-refractivity contribution in [2.45, 2.75) is 51.7 Å².